The molecule has 0 unspecified atom stereocenters. The first-order valence-corrected chi connectivity index (χ1v) is 7.98. The van der Waals surface area contributed by atoms with Crippen LogP contribution in [0.15, 0.2) is 12.7 Å². The predicted molar refractivity (Wildman–Crippen MR) is 83.7 cm³/mol. The molecule has 0 heterocycles. The molecule has 0 nitrogen and oxygen atoms in total. The molecule has 0 aromatic rings. The second-order valence-electron chi connectivity index (χ2n) is 5.13. The SMILES string of the molecule is C=CCC#CCCCCCCCCCCCCC. The third-order valence-corrected chi connectivity index (χ3v) is 3.28. The average molecular weight is 248 g/mol. The highest BCUT2D eigenvalue weighted by Gasteiger charge is 1.92. The molecule has 0 saturated carbocycles. The van der Waals surface area contributed by atoms with Crippen LogP contribution in [0, 0.1) is 11.8 Å². The third kappa shape index (κ3) is 15.3. The maximum atomic E-state index is 3.66. The first-order valence-electron chi connectivity index (χ1n) is 7.98. The summed E-state index contributed by atoms with van der Waals surface area (Å²) in [6, 6.07) is 0. The molecule has 0 heteroatoms. The van der Waals surface area contributed by atoms with Crippen LogP contribution in [0.4, 0.5) is 0 Å². The van der Waals surface area contributed by atoms with E-state index in [9.17, 15) is 0 Å². The largest absolute Gasteiger partial charge is 0.103 e. The van der Waals surface area contributed by atoms with E-state index < -0.39 is 0 Å². The lowest BCUT2D eigenvalue weighted by Crippen LogP contribution is -1.82. The molecule has 0 atom stereocenters. The lowest BCUT2D eigenvalue weighted by molar-refractivity contribution is 0.551. The van der Waals surface area contributed by atoms with Crippen molar-refractivity contribution in [1.82, 2.24) is 0 Å². The zero-order chi connectivity index (χ0) is 13.3. The molecule has 0 fully saturated rings. The van der Waals surface area contributed by atoms with Crippen molar-refractivity contribution in [3.63, 3.8) is 0 Å². The predicted octanol–water partition coefficient (Wildman–Crippen LogP) is 6.27. The van der Waals surface area contributed by atoms with Crippen molar-refractivity contribution in [2.75, 3.05) is 0 Å². The third-order valence-electron chi connectivity index (χ3n) is 3.28. The van der Waals surface area contributed by atoms with E-state index in [4.69, 9.17) is 0 Å². The smallest absolute Gasteiger partial charge is 0.0267 e. The molecule has 18 heavy (non-hydrogen) atoms. The molecule has 104 valence electrons. The molecular weight excluding hydrogens is 216 g/mol. The summed E-state index contributed by atoms with van der Waals surface area (Å²) in [5, 5.41) is 0. The molecule has 0 aliphatic heterocycles. The first kappa shape index (κ1) is 17.3. The fraction of sp³-hybridized carbons (Fsp3) is 0.778. The zero-order valence-electron chi connectivity index (χ0n) is 12.5. The first-order chi connectivity index (χ1) is 8.91. The van der Waals surface area contributed by atoms with E-state index in [0.717, 1.165) is 12.8 Å². The van der Waals surface area contributed by atoms with Crippen molar-refractivity contribution in [3.05, 3.63) is 12.7 Å². The fourth-order valence-corrected chi connectivity index (χ4v) is 2.11. The van der Waals surface area contributed by atoms with Crippen LogP contribution in [-0.4, -0.2) is 0 Å². The summed E-state index contributed by atoms with van der Waals surface area (Å²) in [4.78, 5) is 0. The summed E-state index contributed by atoms with van der Waals surface area (Å²) in [5.41, 5.74) is 0. The summed E-state index contributed by atoms with van der Waals surface area (Å²) in [6.07, 6.45) is 19.3. The number of allylic oxidation sites excluding steroid dienone is 1. The van der Waals surface area contributed by atoms with Gasteiger partial charge < -0.3 is 0 Å². The number of hydrogen-bond acceptors (Lipinski definition) is 0. The maximum Gasteiger partial charge on any atom is 0.0267 e. The van der Waals surface area contributed by atoms with Crippen LogP contribution in [0.2, 0.25) is 0 Å². The van der Waals surface area contributed by atoms with Gasteiger partial charge in [-0.05, 0) is 6.42 Å². The summed E-state index contributed by atoms with van der Waals surface area (Å²) in [5.74, 6) is 6.30. The van der Waals surface area contributed by atoms with E-state index in [2.05, 4.69) is 25.3 Å². The Bertz CT molecular complexity index is 216. The second-order valence-corrected chi connectivity index (χ2v) is 5.13. The van der Waals surface area contributed by atoms with Gasteiger partial charge in [-0.25, -0.2) is 0 Å². The number of rotatable bonds is 12. The van der Waals surface area contributed by atoms with E-state index in [0.29, 0.717) is 0 Å². The Morgan fingerprint density at radius 3 is 1.72 bits per heavy atom. The van der Waals surface area contributed by atoms with Crippen LogP contribution in [0.5, 0.6) is 0 Å². The van der Waals surface area contributed by atoms with E-state index in [1.807, 2.05) is 6.08 Å². The average Bonchev–Trinajstić information content (AvgIpc) is 2.39. The van der Waals surface area contributed by atoms with Gasteiger partial charge in [-0.3, -0.25) is 0 Å². The molecule has 0 rings (SSSR count). The highest BCUT2D eigenvalue weighted by atomic mass is 14.0. The molecular formula is C18H32. The molecule has 0 amide bonds. The van der Waals surface area contributed by atoms with E-state index in [1.165, 1.54) is 70.6 Å². The molecule has 0 aromatic carbocycles. The summed E-state index contributed by atoms with van der Waals surface area (Å²) in [6.45, 7) is 5.94. The highest BCUT2D eigenvalue weighted by Crippen LogP contribution is 2.11. The van der Waals surface area contributed by atoms with Crippen LogP contribution in [0.25, 0.3) is 0 Å². The van der Waals surface area contributed by atoms with Crippen molar-refractivity contribution in [2.45, 2.75) is 90.4 Å². The summed E-state index contributed by atoms with van der Waals surface area (Å²) < 4.78 is 0. The van der Waals surface area contributed by atoms with Gasteiger partial charge in [0.05, 0.1) is 0 Å². The lowest BCUT2D eigenvalue weighted by atomic mass is 10.1. The Kier molecular flexibility index (Phi) is 15.7. The van der Waals surface area contributed by atoms with Gasteiger partial charge in [0.15, 0.2) is 0 Å². The van der Waals surface area contributed by atoms with Crippen LogP contribution in [-0.2, 0) is 0 Å². The Hall–Kier alpha value is -0.700. The van der Waals surface area contributed by atoms with Crippen LogP contribution < -0.4 is 0 Å². The van der Waals surface area contributed by atoms with E-state index in [1.54, 1.807) is 0 Å². The van der Waals surface area contributed by atoms with Gasteiger partial charge in [-0.2, -0.15) is 0 Å². The van der Waals surface area contributed by atoms with Crippen LogP contribution >= 0.6 is 0 Å². The van der Waals surface area contributed by atoms with Gasteiger partial charge in [-0.1, -0.05) is 83.1 Å². The van der Waals surface area contributed by atoms with Crippen LogP contribution in [0.1, 0.15) is 90.4 Å². The standard InChI is InChI=1S/C18H32/c1-3-5-7-9-11-13-15-17-18-16-14-12-10-8-6-4-2/h3H,1,4-6,8,10-18H2,2H3. The van der Waals surface area contributed by atoms with Gasteiger partial charge >= 0.3 is 0 Å². The normalized spacial score (nSPS) is 9.83. The Morgan fingerprint density at radius 1 is 0.722 bits per heavy atom. The van der Waals surface area contributed by atoms with Crippen molar-refractivity contribution in [3.8, 4) is 11.8 Å². The van der Waals surface area contributed by atoms with Crippen molar-refractivity contribution < 1.29 is 0 Å². The lowest BCUT2D eigenvalue weighted by Gasteiger charge is -2.01. The molecule has 0 aromatic heterocycles. The van der Waals surface area contributed by atoms with Gasteiger partial charge in [0.1, 0.15) is 0 Å². The van der Waals surface area contributed by atoms with E-state index >= 15 is 0 Å². The van der Waals surface area contributed by atoms with Crippen molar-refractivity contribution in [2.24, 2.45) is 0 Å². The molecule has 0 saturated heterocycles. The van der Waals surface area contributed by atoms with Crippen molar-refractivity contribution >= 4 is 0 Å². The van der Waals surface area contributed by atoms with Gasteiger partial charge in [0.2, 0.25) is 0 Å². The Morgan fingerprint density at radius 2 is 1.22 bits per heavy atom. The minimum Gasteiger partial charge on any atom is -0.103 e. The molecule has 0 aliphatic rings. The minimum atomic E-state index is 0.845. The molecule has 0 bridgehead atoms. The van der Waals surface area contributed by atoms with Gasteiger partial charge in [-0.15, -0.1) is 12.5 Å². The number of hydrogen-bond donors (Lipinski definition) is 0. The van der Waals surface area contributed by atoms with Gasteiger partial charge in [0.25, 0.3) is 0 Å². The summed E-state index contributed by atoms with van der Waals surface area (Å²) in [7, 11) is 0. The monoisotopic (exact) mass is 248 g/mol. The maximum absolute atomic E-state index is 3.66. The Labute approximate surface area is 115 Å². The van der Waals surface area contributed by atoms with Gasteiger partial charge in [0, 0.05) is 12.8 Å². The second kappa shape index (κ2) is 16.3. The molecule has 0 aliphatic carbocycles. The Balaban J connectivity index is 2.99. The molecule has 0 N–H and O–H groups in total. The zero-order valence-corrected chi connectivity index (χ0v) is 12.5. The van der Waals surface area contributed by atoms with E-state index in [-0.39, 0.29) is 0 Å². The molecule has 0 radical (unpaired) electrons. The highest BCUT2D eigenvalue weighted by molar-refractivity contribution is 5.02. The number of unbranched alkanes of at least 4 members (excludes halogenated alkanes) is 11. The topological polar surface area (TPSA) is 0 Å². The molecule has 0 spiro atoms. The quantitative estimate of drug-likeness (QED) is 0.217. The summed E-state index contributed by atoms with van der Waals surface area (Å²) >= 11 is 0. The van der Waals surface area contributed by atoms with Crippen molar-refractivity contribution in [1.29, 1.82) is 0 Å². The fourth-order valence-electron chi connectivity index (χ4n) is 2.11. The van der Waals surface area contributed by atoms with Crippen LogP contribution in [0.3, 0.4) is 0 Å². The minimum absolute atomic E-state index is 0.845.